The minimum absolute atomic E-state index is 0.233. The number of rotatable bonds is 9. The van der Waals surface area contributed by atoms with Gasteiger partial charge in [0.2, 0.25) is 0 Å². The van der Waals surface area contributed by atoms with E-state index in [1.165, 1.54) is 68.9 Å². The zero-order chi connectivity index (χ0) is 14.2. The summed E-state index contributed by atoms with van der Waals surface area (Å²) in [5.41, 5.74) is 9.15. The molecule has 1 aliphatic carbocycles. The smallest absolute Gasteiger partial charge is 0.0294 e. The van der Waals surface area contributed by atoms with E-state index in [-0.39, 0.29) is 6.04 Å². The zero-order valence-corrected chi connectivity index (χ0v) is 13.1. The van der Waals surface area contributed by atoms with Crippen LogP contribution in [0.3, 0.4) is 0 Å². The van der Waals surface area contributed by atoms with Crippen LogP contribution < -0.4 is 5.73 Å². The largest absolute Gasteiger partial charge is 0.324 e. The first-order chi connectivity index (χ1) is 9.81. The van der Waals surface area contributed by atoms with Crippen LogP contribution in [0.25, 0.3) is 0 Å². The molecule has 0 amide bonds. The number of unbranched alkanes of at least 4 members (excludes halogenated alkanes) is 5. The topological polar surface area (TPSA) is 26.0 Å². The Balaban J connectivity index is 1.67. The lowest BCUT2D eigenvalue weighted by atomic mass is 9.80. The summed E-state index contributed by atoms with van der Waals surface area (Å²) in [4.78, 5) is 0. The summed E-state index contributed by atoms with van der Waals surface area (Å²) in [6.45, 7) is 2.27. The third-order valence-corrected chi connectivity index (χ3v) is 4.81. The lowest BCUT2D eigenvalue weighted by molar-refractivity contribution is 0.419. The summed E-state index contributed by atoms with van der Waals surface area (Å²) in [5, 5.41) is 0. The molecular formula is C19H31N. The summed E-state index contributed by atoms with van der Waals surface area (Å²) in [6, 6.07) is 9.36. The van der Waals surface area contributed by atoms with Gasteiger partial charge in [-0.3, -0.25) is 0 Å². The summed E-state index contributed by atoms with van der Waals surface area (Å²) in [6.07, 6.45) is 13.4. The van der Waals surface area contributed by atoms with Crippen molar-refractivity contribution in [2.24, 2.45) is 5.73 Å². The van der Waals surface area contributed by atoms with Gasteiger partial charge in [-0.2, -0.15) is 0 Å². The van der Waals surface area contributed by atoms with Gasteiger partial charge in [0.25, 0.3) is 0 Å². The van der Waals surface area contributed by atoms with E-state index in [1.807, 2.05) is 0 Å². The SMILES string of the molecule is CCCCCCCCC(N)c1ccc(C2CCC2)cc1. The van der Waals surface area contributed by atoms with E-state index in [4.69, 9.17) is 5.73 Å². The van der Waals surface area contributed by atoms with Crippen molar-refractivity contribution in [3.8, 4) is 0 Å². The molecule has 1 saturated carbocycles. The first kappa shape index (κ1) is 15.6. The molecule has 0 aromatic heterocycles. The molecule has 0 radical (unpaired) electrons. The Kier molecular flexibility index (Phi) is 6.59. The van der Waals surface area contributed by atoms with Gasteiger partial charge in [-0.05, 0) is 36.3 Å². The Morgan fingerprint density at radius 2 is 1.65 bits per heavy atom. The van der Waals surface area contributed by atoms with Gasteiger partial charge >= 0.3 is 0 Å². The predicted molar refractivity (Wildman–Crippen MR) is 88.0 cm³/mol. The quantitative estimate of drug-likeness (QED) is 0.573. The molecule has 1 heteroatoms. The molecule has 0 bridgehead atoms. The van der Waals surface area contributed by atoms with E-state index >= 15 is 0 Å². The van der Waals surface area contributed by atoms with Crippen molar-refractivity contribution in [1.29, 1.82) is 0 Å². The van der Waals surface area contributed by atoms with Crippen molar-refractivity contribution < 1.29 is 0 Å². The molecular weight excluding hydrogens is 242 g/mol. The highest BCUT2D eigenvalue weighted by Crippen LogP contribution is 2.36. The fourth-order valence-electron chi connectivity index (χ4n) is 3.07. The van der Waals surface area contributed by atoms with Gasteiger partial charge in [0.15, 0.2) is 0 Å². The van der Waals surface area contributed by atoms with Gasteiger partial charge in [0.05, 0.1) is 0 Å². The van der Waals surface area contributed by atoms with Crippen LogP contribution in [0.2, 0.25) is 0 Å². The molecule has 1 aromatic carbocycles. The van der Waals surface area contributed by atoms with Crippen molar-refractivity contribution in [3.63, 3.8) is 0 Å². The van der Waals surface area contributed by atoms with Crippen LogP contribution in [-0.2, 0) is 0 Å². The third kappa shape index (κ3) is 4.63. The second-order valence-corrected chi connectivity index (χ2v) is 6.46. The Morgan fingerprint density at radius 3 is 2.25 bits per heavy atom. The van der Waals surface area contributed by atoms with Gasteiger partial charge in [-0.1, -0.05) is 76.1 Å². The van der Waals surface area contributed by atoms with Crippen molar-refractivity contribution in [2.75, 3.05) is 0 Å². The van der Waals surface area contributed by atoms with Gasteiger partial charge in [-0.15, -0.1) is 0 Å². The molecule has 0 saturated heterocycles. The first-order valence-corrected chi connectivity index (χ1v) is 8.66. The van der Waals surface area contributed by atoms with E-state index < -0.39 is 0 Å². The maximum absolute atomic E-state index is 6.31. The molecule has 1 fully saturated rings. The molecule has 112 valence electrons. The average molecular weight is 273 g/mol. The van der Waals surface area contributed by atoms with Crippen LogP contribution in [0.5, 0.6) is 0 Å². The van der Waals surface area contributed by atoms with Crippen LogP contribution in [0.1, 0.15) is 94.2 Å². The number of hydrogen-bond acceptors (Lipinski definition) is 1. The van der Waals surface area contributed by atoms with Gasteiger partial charge in [0.1, 0.15) is 0 Å². The van der Waals surface area contributed by atoms with Crippen LogP contribution in [0, 0.1) is 0 Å². The molecule has 1 nitrogen and oxygen atoms in total. The minimum atomic E-state index is 0.233. The Labute approximate surface area is 125 Å². The Hall–Kier alpha value is -0.820. The molecule has 0 heterocycles. The standard InChI is InChI=1S/C19H31N/c1-2-3-4-5-6-7-11-19(20)18-14-12-17(13-15-18)16-9-8-10-16/h12-16,19H,2-11,20H2,1H3. The molecule has 2 rings (SSSR count). The van der Waals surface area contributed by atoms with Gasteiger partial charge in [0, 0.05) is 6.04 Å². The van der Waals surface area contributed by atoms with Crippen LogP contribution in [0.15, 0.2) is 24.3 Å². The van der Waals surface area contributed by atoms with Crippen LogP contribution in [0.4, 0.5) is 0 Å². The molecule has 2 N–H and O–H groups in total. The lowest BCUT2D eigenvalue weighted by Crippen LogP contribution is -2.12. The van der Waals surface area contributed by atoms with Crippen LogP contribution in [-0.4, -0.2) is 0 Å². The molecule has 1 unspecified atom stereocenters. The second kappa shape index (κ2) is 8.46. The van der Waals surface area contributed by atoms with E-state index in [2.05, 4.69) is 31.2 Å². The Bertz CT molecular complexity index is 364. The maximum atomic E-state index is 6.31. The average Bonchev–Trinajstić information content (AvgIpc) is 2.41. The Morgan fingerprint density at radius 1 is 1.00 bits per heavy atom. The van der Waals surface area contributed by atoms with Crippen molar-refractivity contribution in [3.05, 3.63) is 35.4 Å². The highest BCUT2D eigenvalue weighted by molar-refractivity contribution is 5.28. The normalized spacial score (nSPS) is 16.9. The van der Waals surface area contributed by atoms with Crippen molar-refractivity contribution >= 4 is 0 Å². The lowest BCUT2D eigenvalue weighted by Gasteiger charge is -2.26. The summed E-state index contributed by atoms with van der Waals surface area (Å²) >= 11 is 0. The van der Waals surface area contributed by atoms with Gasteiger partial charge in [-0.25, -0.2) is 0 Å². The zero-order valence-electron chi connectivity index (χ0n) is 13.1. The third-order valence-electron chi connectivity index (χ3n) is 4.81. The maximum Gasteiger partial charge on any atom is 0.0294 e. The molecule has 0 spiro atoms. The van der Waals surface area contributed by atoms with Crippen molar-refractivity contribution in [2.45, 2.75) is 83.1 Å². The van der Waals surface area contributed by atoms with E-state index in [9.17, 15) is 0 Å². The second-order valence-electron chi connectivity index (χ2n) is 6.46. The summed E-state index contributed by atoms with van der Waals surface area (Å²) in [5.74, 6) is 0.832. The first-order valence-electron chi connectivity index (χ1n) is 8.66. The fourth-order valence-corrected chi connectivity index (χ4v) is 3.07. The minimum Gasteiger partial charge on any atom is -0.324 e. The van der Waals surface area contributed by atoms with E-state index in [0.29, 0.717) is 0 Å². The number of hydrogen-bond donors (Lipinski definition) is 1. The highest BCUT2D eigenvalue weighted by Gasteiger charge is 2.19. The van der Waals surface area contributed by atoms with Crippen molar-refractivity contribution in [1.82, 2.24) is 0 Å². The monoisotopic (exact) mass is 273 g/mol. The summed E-state index contributed by atoms with van der Waals surface area (Å²) in [7, 11) is 0. The molecule has 0 aliphatic heterocycles. The summed E-state index contributed by atoms with van der Waals surface area (Å²) < 4.78 is 0. The molecule has 20 heavy (non-hydrogen) atoms. The highest BCUT2D eigenvalue weighted by atomic mass is 14.6. The predicted octanol–water partition coefficient (Wildman–Crippen LogP) is 5.70. The number of benzene rings is 1. The number of nitrogens with two attached hydrogens (primary N) is 1. The molecule has 1 atom stereocenters. The fraction of sp³-hybridized carbons (Fsp3) is 0.684. The van der Waals surface area contributed by atoms with Crippen LogP contribution >= 0.6 is 0 Å². The molecule has 1 aliphatic rings. The van der Waals surface area contributed by atoms with Gasteiger partial charge < -0.3 is 5.73 Å². The van der Waals surface area contributed by atoms with E-state index in [0.717, 1.165) is 12.3 Å². The molecule has 1 aromatic rings. The van der Waals surface area contributed by atoms with E-state index in [1.54, 1.807) is 0 Å².